The van der Waals surface area contributed by atoms with Crippen LogP contribution in [0.15, 0.2) is 18.2 Å². The summed E-state index contributed by atoms with van der Waals surface area (Å²) in [6.45, 7) is 6.11. The second-order valence-corrected chi connectivity index (χ2v) is 5.56. The Balaban J connectivity index is 1.61. The zero-order valence-corrected chi connectivity index (χ0v) is 12.7. The van der Waals surface area contributed by atoms with Crippen LogP contribution in [0.3, 0.4) is 0 Å². The molecule has 0 radical (unpaired) electrons. The fourth-order valence-corrected chi connectivity index (χ4v) is 2.49. The van der Waals surface area contributed by atoms with Crippen LogP contribution in [0.4, 0.5) is 0 Å². The van der Waals surface area contributed by atoms with Crippen molar-refractivity contribution in [2.24, 2.45) is 5.92 Å². The van der Waals surface area contributed by atoms with Gasteiger partial charge in [-0.05, 0) is 26.0 Å². The van der Waals surface area contributed by atoms with Gasteiger partial charge in [0.2, 0.25) is 0 Å². The van der Waals surface area contributed by atoms with Gasteiger partial charge in [-0.15, -0.1) is 5.10 Å². The van der Waals surface area contributed by atoms with Crippen LogP contribution in [0.2, 0.25) is 0 Å². The normalized spacial score (nSPS) is 17.6. The van der Waals surface area contributed by atoms with Gasteiger partial charge in [-0.3, -0.25) is 4.79 Å². The predicted molar refractivity (Wildman–Crippen MR) is 79.2 cm³/mol. The number of carbonyl (C=O) groups excluding carboxylic acids is 1. The number of aromatic nitrogens is 4. The first-order valence-corrected chi connectivity index (χ1v) is 7.32. The van der Waals surface area contributed by atoms with Crippen molar-refractivity contribution in [2.75, 3.05) is 13.2 Å². The molecule has 0 spiro atoms. The molecule has 1 N–H and O–H groups in total. The Morgan fingerprint density at radius 1 is 1.45 bits per heavy atom. The molecule has 1 unspecified atom stereocenters. The van der Waals surface area contributed by atoms with Gasteiger partial charge in [-0.25, -0.2) is 9.67 Å². The highest BCUT2D eigenvalue weighted by Crippen LogP contribution is 2.14. The van der Waals surface area contributed by atoms with Crippen molar-refractivity contribution in [3.05, 3.63) is 41.0 Å². The standard InChI is InChI=1S/C15H19N5O2/c1-10-4-3-5-13(17-10)15(21)16-6-12-7-20-14(9-22-8-12)11(2)18-19-20/h3-5,12H,6-9H2,1-2H3,(H,16,21). The number of rotatable bonds is 3. The number of fused-ring (bicyclic) bond motifs is 1. The number of pyridine rings is 1. The summed E-state index contributed by atoms with van der Waals surface area (Å²) in [4.78, 5) is 16.3. The van der Waals surface area contributed by atoms with Crippen LogP contribution < -0.4 is 5.32 Å². The molecule has 1 atom stereocenters. The molecular weight excluding hydrogens is 282 g/mol. The first kappa shape index (κ1) is 14.6. The zero-order valence-electron chi connectivity index (χ0n) is 12.7. The van der Waals surface area contributed by atoms with E-state index in [-0.39, 0.29) is 11.8 Å². The molecule has 3 rings (SSSR count). The van der Waals surface area contributed by atoms with E-state index in [9.17, 15) is 4.79 Å². The first-order valence-electron chi connectivity index (χ1n) is 7.32. The van der Waals surface area contributed by atoms with E-state index in [0.29, 0.717) is 32.0 Å². The molecule has 1 aliphatic rings. The van der Waals surface area contributed by atoms with Crippen LogP contribution in [0, 0.1) is 19.8 Å². The number of hydrogen-bond donors (Lipinski definition) is 1. The SMILES string of the molecule is Cc1cccc(C(=O)NCC2COCc3c(C)nnn3C2)n1. The van der Waals surface area contributed by atoms with E-state index in [4.69, 9.17) is 4.74 Å². The van der Waals surface area contributed by atoms with Gasteiger partial charge in [0.15, 0.2) is 0 Å². The summed E-state index contributed by atoms with van der Waals surface area (Å²) >= 11 is 0. The van der Waals surface area contributed by atoms with Gasteiger partial charge < -0.3 is 10.1 Å². The van der Waals surface area contributed by atoms with Crippen LogP contribution in [0.5, 0.6) is 0 Å². The van der Waals surface area contributed by atoms with Crippen LogP contribution in [0.25, 0.3) is 0 Å². The number of amides is 1. The van der Waals surface area contributed by atoms with Crippen molar-refractivity contribution in [3.63, 3.8) is 0 Å². The third-order valence-electron chi connectivity index (χ3n) is 3.73. The number of nitrogens with zero attached hydrogens (tertiary/aromatic N) is 4. The summed E-state index contributed by atoms with van der Waals surface area (Å²) in [5, 5.41) is 11.1. The minimum Gasteiger partial charge on any atom is -0.375 e. The fourth-order valence-electron chi connectivity index (χ4n) is 2.49. The molecule has 2 aromatic heterocycles. The second kappa shape index (κ2) is 6.23. The summed E-state index contributed by atoms with van der Waals surface area (Å²) in [6.07, 6.45) is 0. The molecule has 116 valence electrons. The van der Waals surface area contributed by atoms with Crippen molar-refractivity contribution < 1.29 is 9.53 Å². The van der Waals surface area contributed by atoms with Gasteiger partial charge in [0.25, 0.3) is 5.91 Å². The minimum atomic E-state index is -0.164. The van der Waals surface area contributed by atoms with E-state index >= 15 is 0 Å². The fraction of sp³-hybridized carbons (Fsp3) is 0.467. The molecule has 0 saturated carbocycles. The van der Waals surface area contributed by atoms with E-state index in [2.05, 4.69) is 20.6 Å². The quantitative estimate of drug-likeness (QED) is 0.909. The summed E-state index contributed by atoms with van der Waals surface area (Å²) in [5.41, 5.74) is 3.17. The van der Waals surface area contributed by atoms with Crippen molar-refractivity contribution in [2.45, 2.75) is 27.0 Å². The molecule has 0 aliphatic carbocycles. The summed E-state index contributed by atoms with van der Waals surface area (Å²) in [6, 6.07) is 5.41. The summed E-state index contributed by atoms with van der Waals surface area (Å²) < 4.78 is 7.53. The molecule has 1 amide bonds. The van der Waals surface area contributed by atoms with Crippen molar-refractivity contribution >= 4 is 5.91 Å². The van der Waals surface area contributed by atoms with E-state index in [1.54, 1.807) is 6.07 Å². The van der Waals surface area contributed by atoms with Crippen molar-refractivity contribution in [1.29, 1.82) is 0 Å². The van der Waals surface area contributed by atoms with E-state index in [1.165, 1.54) is 0 Å². The topological polar surface area (TPSA) is 81.9 Å². The molecule has 22 heavy (non-hydrogen) atoms. The van der Waals surface area contributed by atoms with E-state index in [1.807, 2.05) is 30.7 Å². The molecule has 0 bridgehead atoms. The lowest BCUT2D eigenvalue weighted by Crippen LogP contribution is -2.33. The van der Waals surface area contributed by atoms with Crippen LogP contribution >= 0.6 is 0 Å². The Kier molecular flexibility index (Phi) is 4.15. The average molecular weight is 301 g/mol. The van der Waals surface area contributed by atoms with Gasteiger partial charge in [0.05, 0.1) is 24.6 Å². The van der Waals surface area contributed by atoms with Crippen molar-refractivity contribution in [3.8, 4) is 0 Å². The zero-order chi connectivity index (χ0) is 15.5. The number of hydrogen-bond acceptors (Lipinski definition) is 5. The van der Waals surface area contributed by atoms with Crippen LogP contribution in [-0.2, 0) is 17.9 Å². The van der Waals surface area contributed by atoms with E-state index < -0.39 is 0 Å². The second-order valence-electron chi connectivity index (χ2n) is 5.56. The Morgan fingerprint density at radius 3 is 3.14 bits per heavy atom. The lowest BCUT2D eigenvalue weighted by molar-refractivity contribution is 0.0847. The maximum Gasteiger partial charge on any atom is 0.269 e. The Labute approximate surface area is 128 Å². The number of nitrogens with one attached hydrogen (secondary N) is 1. The molecule has 3 heterocycles. The first-order chi connectivity index (χ1) is 10.6. The summed E-state index contributed by atoms with van der Waals surface area (Å²) in [5.74, 6) is -0.000879. The predicted octanol–water partition coefficient (Wildman–Crippen LogP) is 0.866. The van der Waals surface area contributed by atoms with Gasteiger partial charge in [-0.1, -0.05) is 11.3 Å². The maximum absolute atomic E-state index is 12.1. The highest BCUT2D eigenvalue weighted by Gasteiger charge is 2.21. The third-order valence-corrected chi connectivity index (χ3v) is 3.73. The van der Waals surface area contributed by atoms with E-state index in [0.717, 1.165) is 17.1 Å². The molecular formula is C15H19N5O2. The highest BCUT2D eigenvalue weighted by molar-refractivity contribution is 5.92. The smallest absolute Gasteiger partial charge is 0.269 e. The Morgan fingerprint density at radius 2 is 2.32 bits per heavy atom. The maximum atomic E-state index is 12.1. The number of ether oxygens (including phenoxy) is 1. The largest absolute Gasteiger partial charge is 0.375 e. The number of aryl methyl sites for hydroxylation is 2. The van der Waals surface area contributed by atoms with Gasteiger partial charge in [0, 0.05) is 24.7 Å². The van der Waals surface area contributed by atoms with Gasteiger partial charge in [-0.2, -0.15) is 0 Å². The number of carbonyl (C=O) groups is 1. The molecule has 0 fully saturated rings. The highest BCUT2D eigenvalue weighted by atomic mass is 16.5. The molecule has 0 saturated heterocycles. The molecule has 7 heteroatoms. The van der Waals surface area contributed by atoms with Crippen molar-refractivity contribution in [1.82, 2.24) is 25.3 Å². The minimum absolute atomic E-state index is 0.163. The molecule has 1 aliphatic heterocycles. The molecule has 0 aromatic carbocycles. The molecule has 7 nitrogen and oxygen atoms in total. The van der Waals surface area contributed by atoms with Gasteiger partial charge in [0.1, 0.15) is 5.69 Å². The Bertz CT molecular complexity index is 682. The third kappa shape index (κ3) is 3.14. The summed E-state index contributed by atoms with van der Waals surface area (Å²) in [7, 11) is 0. The average Bonchev–Trinajstić information content (AvgIpc) is 2.73. The Hall–Kier alpha value is -2.28. The van der Waals surface area contributed by atoms with Crippen LogP contribution in [-0.4, -0.2) is 39.0 Å². The lowest BCUT2D eigenvalue weighted by Gasteiger charge is -2.14. The van der Waals surface area contributed by atoms with Gasteiger partial charge >= 0.3 is 0 Å². The van der Waals surface area contributed by atoms with Crippen LogP contribution in [0.1, 0.15) is 27.6 Å². The lowest BCUT2D eigenvalue weighted by atomic mass is 10.1. The monoisotopic (exact) mass is 301 g/mol. The molecule has 2 aromatic rings.